The van der Waals surface area contributed by atoms with Gasteiger partial charge in [0, 0.05) is 19.3 Å². The maximum absolute atomic E-state index is 9.48. The molecule has 1 aromatic rings. The molecule has 5 nitrogen and oxygen atoms in total. The van der Waals surface area contributed by atoms with Crippen molar-refractivity contribution >= 4 is 28.2 Å². The van der Waals surface area contributed by atoms with E-state index in [4.69, 9.17) is 0 Å². The first-order valence-corrected chi connectivity index (χ1v) is 8.62. The first kappa shape index (κ1) is 15.5. The molecule has 0 spiro atoms. The number of hydrogen-bond donors (Lipinski definition) is 1. The van der Waals surface area contributed by atoms with E-state index in [1.807, 2.05) is 19.0 Å². The van der Waals surface area contributed by atoms with Crippen LogP contribution in [0.5, 0.6) is 0 Å². The van der Waals surface area contributed by atoms with E-state index in [1.165, 1.54) is 0 Å². The van der Waals surface area contributed by atoms with E-state index < -0.39 is 0 Å². The fourth-order valence-corrected chi connectivity index (χ4v) is 4.89. The largest absolute Gasteiger partial charge is 0.353 e. The summed E-state index contributed by atoms with van der Waals surface area (Å²) in [4.78, 5) is 1.97. The molecule has 7 heteroatoms. The summed E-state index contributed by atoms with van der Waals surface area (Å²) < 4.78 is 1.00. The average molecular weight is 311 g/mol. The zero-order valence-corrected chi connectivity index (χ0v) is 13.9. The molecule has 0 radical (unpaired) electrons. The van der Waals surface area contributed by atoms with Crippen molar-refractivity contribution < 1.29 is 0 Å². The van der Waals surface area contributed by atoms with Crippen LogP contribution in [0.3, 0.4) is 0 Å². The summed E-state index contributed by atoms with van der Waals surface area (Å²) in [7, 11) is 3.95. The van der Waals surface area contributed by atoms with Crippen molar-refractivity contribution in [2.45, 2.75) is 47.7 Å². The van der Waals surface area contributed by atoms with Gasteiger partial charge in [0.2, 0.25) is 5.13 Å². The van der Waals surface area contributed by atoms with Gasteiger partial charge in [-0.1, -0.05) is 30.0 Å². The highest BCUT2D eigenvalue weighted by Gasteiger charge is 2.36. The number of nitrogens with zero attached hydrogens (tertiary/aromatic N) is 4. The lowest BCUT2D eigenvalue weighted by molar-refractivity contribution is 0.309. The Morgan fingerprint density at radius 3 is 2.95 bits per heavy atom. The standard InChI is InChI=1S/C13H21N5S2/c1-4-15-13(9-14)7-5-6-10(8-13)19-12-17-16-11(20-12)18(2)3/h10,15H,4-8H2,1-3H3. The van der Waals surface area contributed by atoms with E-state index in [0.29, 0.717) is 5.25 Å². The van der Waals surface area contributed by atoms with Gasteiger partial charge in [0.15, 0.2) is 4.34 Å². The monoisotopic (exact) mass is 311 g/mol. The van der Waals surface area contributed by atoms with Crippen LogP contribution >= 0.6 is 23.1 Å². The minimum atomic E-state index is -0.347. The quantitative estimate of drug-likeness (QED) is 0.901. The van der Waals surface area contributed by atoms with Gasteiger partial charge in [-0.25, -0.2) is 0 Å². The minimum absolute atomic E-state index is 0.347. The molecule has 2 rings (SSSR count). The Kier molecular flexibility index (Phi) is 5.24. The van der Waals surface area contributed by atoms with Crippen molar-refractivity contribution in [2.75, 3.05) is 25.5 Å². The Hall–Kier alpha value is -0.840. The van der Waals surface area contributed by atoms with Gasteiger partial charge in [-0.3, -0.25) is 5.32 Å². The third-order valence-corrected chi connectivity index (χ3v) is 5.92. The number of thioether (sulfide) groups is 1. The lowest BCUT2D eigenvalue weighted by Crippen LogP contribution is -2.48. The van der Waals surface area contributed by atoms with Crippen molar-refractivity contribution in [3.05, 3.63) is 0 Å². The molecule has 1 aliphatic carbocycles. The van der Waals surface area contributed by atoms with Crippen molar-refractivity contribution in [3.8, 4) is 6.07 Å². The van der Waals surface area contributed by atoms with Crippen LogP contribution in [0.15, 0.2) is 4.34 Å². The molecule has 1 N–H and O–H groups in total. The molecule has 1 saturated carbocycles. The number of nitrogens with one attached hydrogen (secondary N) is 1. The lowest BCUT2D eigenvalue weighted by atomic mass is 9.82. The summed E-state index contributed by atoms with van der Waals surface area (Å²) in [6.07, 6.45) is 4.08. The fourth-order valence-electron chi connectivity index (χ4n) is 2.54. The first-order valence-electron chi connectivity index (χ1n) is 6.92. The van der Waals surface area contributed by atoms with Crippen LogP contribution in [0, 0.1) is 11.3 Å². The summed E-state index contributed by atoms with van der Waals surface area (Å²) in [6.45, 7) is 2.90. The molecule has 20 heavy (non-hydrogen) atoms. The van der Waals surface area contributed by atoms with Crippen molar-refractivity contribution in [2.24, 2.45) is 0 Å². The number of nitriles is 1. The smallest absolute Gasteiger partial charge is 0.208 e. The second kappa shape index (κ2) is 6.74. The van der Waals surface area contributed by atoms with E-state index in [2.05, 4.69) is 28.5 Å². The van der Waals surface area contributed by atoms with Crippen molar-refractivity contribution in [1.29, 1.82) is 5.26 Å². The minimum Gasteiger partial charge on any atom is -0.353 e. The molecular weight excluding hydrogens is 290 g/mol. The summed E-state index contributed by atoms with van der Waals surface area (Å²) >= 11 is 3.39. The molecule has 2 unspecified atom stereocenters. The Morgan fingerprint density at radius 2 is 2.35 bits per heavy atom. The first-order chi connectivity index (χ1) is 9.58. The van der Waals surface area contributed by atoms with Crippen LogP contribution in [0.2, 0.25) is 0 Å². The zero-order chi connectivity index (χ0) is 14.6. The summed E-state index contributed by atoms with van der Waals surface area (Å²) in [5.74, 6) is 0. The molecular formula is C13H21N5S2. The molecule has 0 aliphatic heterocycles. The second-order valence-electron chi connectivity index (χ2n) is 5.31. The van der Waals surface area contributed by atoms with E-state index in [1.54, 1.807) is 23.1 Å². The van der Waals surface area contributed by atoms with E-state index in [9.17, 15) is 5.26 Å². The highest BCUT2D eigenvalue weighted by molar-refractivity contribution is 8.01. The van der Waals surface area contributed by atoms with Gasteiger partial charge >= 0.3 is 0 Å². The van der Waals surface area contributed by atoms with E-state index in [-0.39, 0.29) is 5.54 Å². The number of rotatable bonds is 5. The summed E-state index contributed by atoms with van der Waals surface area (Å²) in [5.41, 5.74) is -0.347. The van der Waals surface area contributed by atoms with Gasteiger partial charge in [0.05, 0.1) is 6.07 Å². The molecule has 110 valence electrons. The van der Waals surface area contributed by atoms with Crippen LogP contribution in [-0.2, 0) is 0 Å². The third-order valence-electron chi connectivity index (χ3n) is 3.48. The highest BCUT2D eigenvalue weighted by Crippen LogP contribution is 2.39. The molecule has 2 atom stereocenters. The fraction of sp³-hybridized carbons (Fsp3) is 0.769. The molecule has 1 heterocycles. The van der Waals surface area contributed by atoms with Gasteiger partial charge in [-0.15, -0.1) is 10.2 Å². The third kappa shape index (κ3) is 3.62. The molecule has 0 aromatic carbocycles. The maximum atomic E-state index is 9.48. The highest BCUT2D eigenvalue weighted by atomic mass is 32.2. The van der Waals surface area contributed by atoms with Gasteiger partial charge in [0.25, 0.3) is 0 Å². The van der Waals surface area contributed by atoms with Gasteiger partial charge < -0.3 is 4.90 Å². The molecule has 1 fully saturated rings. The Morgan fingerprint density at radius 1 is 1.55 bits per heavy atom. The van der Waals surface area contributed by atoms with E-state index >= 15 is 0 Å². The van der Waals surface area contributed by atoms with Crippen LogP contribution in [0.25, 0.3) is 0 Å². The summed E-state index contributed by atoms with van der Waals surface area (Å²) in [5, 5.41) is 22.6. The van der Waals surface area contributed by atoms with Crippen LogP contribution in [0.1, 0.15) is 32.6 Å². The molecule has 1 aromatic heterocycles. The lowest BCUT2D eigenvalue weighted by Gasteiger charge is -2.35. The summed E-state index contributed by atoms with van der Waals surface area (Å²) in [6, 6.07) is 2.49. The van der Waals surface area contributed by atoms with Crippen molar-refractivity contribution in [1.82, 2.24) is 15.5 Å². The molecule has 0 saturated heterocycles. The van der Waals surface area contributed by atoms with E-state index in [0.717, 1.165) is 41.7 Å². The molecule has 0 amide bonds. The van der Waals surface area contributed by atoms with Crippen molar-refractivity contribution in [3.63, 3.8) is 0 Å². The Labute approximate surface area is 128 Å². The maximum Gasteiger partial charge on any atom is 0.208 e. The normalized spacial score (nSPS) is 26.2. The number of hydrogen-bond acceptors (Lipinski definition) is 7. The zero-order valence-electron chi connectivity index (χ0n) is 12.2. The van der Waals surface area contributed by atoms with Gasteiger partial charge in [-0.2, -0.15) is 5.26 Å². The molecule has 1 aliphatic rings. The number of aromatic nitrogens is 2. The predicted molar refractivity (Wildman–Crippen MR) is 84.4 cm³/mol. The SMILES string of the molecule is CCNC1(C#N)CCCC(Sc2nnc(N(C)C)s2)C1. The van der Waals surface area contributed by atoms with Gasteiger partial charge in [0.1, 0.15) is 5.54 Å². The van der Waals surface area contributed by atoms with Crippen LogP contribution < -0.4 is 10.2 Å². The van der Waals surface area contributed by atoms with Crippen LogP contribution in [0.4, 0.5) is 5.13 Å². The van der Waals surface area contributed by atoms with Gasteiger partial charge in [-0.05, 0) is 32.2 Å². The predicted octanol–water partition coefficient (Wildman–Crippen LogP) is 2.51. The second-order valence-corrected chi connectivity index (χ2v) is 7.81. The number of anilines is 1. The van der Waals surface area contributed by atoms with Crippen LogP contribution in [-0.4, -0.2) is 41.6 Å². The Balaban J connectivity index is 2.00. The molecule has 0 bridgehead atoms. The topological polar surface area (TPSA) is 64.8 Å². The Bertz CT molecular complexity index is 477. The average Bonchev–Trinajstić information content (AvgIpc) is 2.88.